The van der Waals surface area contributed by atoms with Crippen LogP contribution in [-0.4, -0.2) is 8.80 Å². The molecule has 1 heterocycles. The van der Waals surface area contributed by atoms with Gasteiger partial charge in [-0.25, -0.2) is 13.2 Å². The summed E-state index contributed by atoms with van der Waals surface area (Å²) in [5, 5.41) is 0. The van der Waals surface area contributed by atoms with E-state index in [-0.39, 0.29) is 0 Å². The van der Waals surface area contributed by atoms with Gasteiger partial charge in [-0.05, 0) is 36.5 Å². The maximum atomic E-state index is 13.2. The zero-order valence-electron chi connectivity index (χ0n) is 14.9. The molecular weight excluding hydrogens is 325 g/mol. The van der Waals surface area contributed by atoms with Crippen LogP contribution in [0.15, 0.2) is 12.1 Å². The van der Waals surface area contributed by atoms with Gasteiger partial charge in [0.25, 0.3) is 0 Å². The van der Waals surface area contributed by atoms with E-state index in [0.717, 1.165) is 30.9 Å². The SMILES string of the molecule is CCCCC[Si@H]1CC[C@H](CCCCc2cc(F)c(F)c(F)c2)CC1. The first-order valence-corrected chi connectivity index (χ1v) is 12.2. The van der Waals surface area contributed by atoms with Crippen LogP contribution < -0.4 is 0 Å². The molecule has 0 spiro atoms. The van der Waals surface area contributed by atoms with Gasteiger partial charge in [-0.15, -0.1) is 0 Å². The molecule has 1 fully saturated rings. The van der Waals surface area contributed by atoms with Gasteiger partial charge in [-0.2, -0.15) is 0 Å². The lowest BCUT2D eigenvalue weighted by Crippen LogP contribution is -2.21. The molecule has 0 radical (unpaired) electrons. The van der Waals surface area contributed by atoms with E-state index < -0.39 is 26.2 Å². The summed E-state index contributed by atoms with van der Waals surface area (Å²) in [6, 6.07) is 6.84. The van der Waals surface area contributed by atoms with Crippen molar-refractivity contribution < 1.29 is 13.2 Å². The molecule has 1 aromatic rings. The summed E-state index contributed by atoms with van der Waals surface area (Å²) in [7, 11) is -0.422. The molecule has 2 rings (SSSR count). The van der Waals surface area contributed by atoms with Crippen molar-refractivity contribution in [1.29, 1.82) is 0 Å². The average molecular weight is 357 g/mol. The normalized spacial score (nSPS) is 21.2. The van der Waals surface area contributed by atoms with Gasteiger partial charge in [0, 0.05) is 8.80 Å². The van der Waals surface area contributed by atoms with E-state index in [2.05, 4.69) is 6.92 Å². The van der Waals surface area contributed by atoms with Crippen LogP contribution in [-0.2, 0) is 6.42 Å². The van der Waals surface area contributed by atoms with Crippen LogP contribution in [0.4, 0.5) is 13.2 Å². The lowest BCUT2D eigenvalue weighted by Gasteiger charge is -2.27. The minimum atomic E-state index is -1.36. The highest BCUT2D eigenvalue weighted by molar-refractivity contribution is 6.58. The lowest BCUT2D eigenvalue weighted by atomic mass is 9.95. The number of rotatable bonds is 9. The number of aryl methyl sites for hydroxylation is 1. The second-order valence-corrected chi connectivity index (χ2v) is 11.0. The van der Waals surface area contributed by atoms with Crippen LogP contribution in [0.1, 0.15) is 63.9 Å². The van der Waals surface area contributed by atoms with Crippen LogP contribution in [0.3, 0.4) is 0 Å². The molecule has 136 valence electrons. The highest BCUT2D eigenvalue weighted by atomic mass is 28.3. The highest BCUT2D eigenvalue weighted by Gasteiger charge is 2.21. The summed E-state index contributed by atoms with van der Waals surface area (Å²) >= 11 is 0. The number of unbranched alkanes of at least 4 members (excludes halogenated alkanes) is 3. The molecule has 0 unspecified atom stereocenters. The van der Waals surface area contributed by atoms with Crippen LogP contribution in [0.25, 0.3) is 0 Å². The van der Waals surface area contributed by atoms with Crippen LogP contribution in [0.5, 0.6) is 0 Å². The molecule has 0 atom stereocenters. The second kappa shape index (κ2) is 10.3. The van der Waals surface area contributed by atoms with Gasteiger partial charge in [0.1, 0.15) is 0 Å². The topological polar surface area (TPSA) is 0 Å². The lowest BCUT2D eigenvalue weighted by molar-refractivity contribution is 0.416. The van der Waals surface area contributed by atoms with Gasteiger partial charge in [0.2, 0.25) is 0 Å². The molecular formula is C20H31F3Si. The fourth-order valence-electron chi connectivity index (χ4n) is 4.01. The largest absolute Gasteiger partial charge is 0.204 e. The van der Waals surface area contributed by atoms with Crippen molar-refractivity contribution >= 4 is 8.80 Å². The molecule has 0 aromatic heterocycles. The Kier molecular flexibility index (Phi) is 8.37. The van der Waals surface area contributed by atoms with Crippen LogP contribution in [0, 0.1) is 23.4 Å². The molecule has 24 heavy (non-hydrogen) atoms. The Hall–Kier alpha value is -0.773. The van der Waals surface area contributed by atoms with Crippen LogP contribution in [0.2, 0.25) is 18.1 Å². The van der Waals surface area contributed by atoms with Gasteiger partial charge >= 0.3 is 0 Å². The Morgan fingerprint density at radius 2 is 1.62 bits per heavy atom. The maximum absolute atomic E-state index is 13.2. The summed E-state index contributed by atoms with van der Waals surface area (Å²) < 4.78 is 39.3. The van der Waals surface area contributed by atoms with Crippen LogP contribution >= 0.6 is 0 Å². The number of hydrogen-bond acceptors (Lipinski definition) is 0. The molecule has 4 heteroatoms. The predicted molar refractivity (Wildman–Crippen MR) is 97.7 cm³/mol. The molecule has 0 nitrogen and oxygen atoms in total. The van der Waals surface area contributed by atoms with E-state index in [9.17, 15) is 13.2 Å². The minimum Gasteiger partial charge on any atom is -0.204 e. The Morgan fingerprint density at radius 1 is 0.958 bits per heavy atom. The van der Waals surface area contributed by atoms with Crippen molar-refractivity contribution in [2.24, 2.45) is 5.92 Å². The number of benzene rings is 1. The molecule has 1 aliphatic rings. The van der Waals surface area contributed by atoms with Crippen molar-refractivity contribution in [2.75, 3.05) is 0 Å². The molecule has 0 N–H and O–H groups in total. The Balaban J connectivity index is 1.60. The molecule has 0 saturated carbocycles. The monoisotopic (exact) mass is 356 g/mol. The molecule has 0 aliphatic carbocycles. The van der Waals surface area contributed by atoms with E-state index in [1.807, 2.05) is 0 Å². The van der Waals surface area contributed by atoms with Crippen molar-refractivity contribution in [1.82, 2.24) is 0 Å². The number of hydrogen-bond donors (Lipinski definition) is 0. The molecule has 1 aliphatic heterocycles. The van der Waals surface area contributed by atoms with Gasteiger partial charge in [-0.1, -0.05) is 70.0 Å². The smallest absolute Gasteiger partial charge is 0.194 e. The average Bonchev–Trinajstić information content (AvgIpc) is 2.58. The third-order valence-corrected chi connectivity index (χ3v) is 9.08. The highest BCUT2D eigenvalue weighted by Crippen LogP contribution is 2.31. The van der Waals surface area contributed by atoms with Gasteiger partial charge in [0.05, 0.1) is 0 Å². The van der Waals surface area contributed by atoms with Gasteiger partial charge < -0.3 is 0 Å². The summed E-state index contributed by atoms with van der Waals surface area (Å²) in [5.41, 5.74) is 0.568. The quantitative estimate of drug-likeness (QED) is 0.264. The first-order chi connectivity index (χ1) is 11.6. The Morgan fingerprint density at radius 3 is 2.25 bits per heavy atom. The zero-order valence-corrected chi connectivity index (χ0v) is 16.1. The fraction of sp³-hybridized carbons (Fsp3) is 0.700. The second-order valence-electron chi connectivity index (χ2n) is 7.50. The van der Waals surface area contributed by atoms with E-state index >= 15 is 0 Å². The van der Waals surface area contributed by atoms with Gasteiger partial charge in [-0.3, -0.25) is 0 Å². The predicted octanol–water partition coefficient (Wildman–Crippen LogP) is 6.64. The third-order valence-electron chi connectivity index (χ3n) is 5.55. The van der Waals surface area contributed by atoms with Crippen molar-refractivity contribution in [2.45, 2.75) is 82.8 Å². The van der Waals surface area contributed by atoms with E-state index in [0.29, 0.717) is 12.0 Å². The third kappa shape index (κ3) is 6.27. The summed E-state index contributed by atoms with van der Waals surface area (Å²) in [5.74, 6) is -2.65. The number of halogens is 3. The zero-order chi connectivity index (χ0) is 17.4. The van der Waals surface area contributed by atoms with E-state index in [1.165, 1.54) is 50.6 Å². The summed E-state index contributed by atoms with van der Waals surface area (Å²) in [6.45, 7) is 2.27. The Labute approximate surface area is 146 Å². The van der Waals surface area contributed by atoms with Crippen molar-refractivity contribution in [3.8, 4) is 0 Å². The van der Waals surface area contributed by atoms with Gasteiger partial charge in [0.15, 0.2) is 17.5 Å². The van der Waals surface area contributed by atoms with Crippen molar-refractivity contribution in [3.63, 3.8) is 0 Å². The standard InChI is InChI=1S/C20H31F3Si/c1-2-3-6-11-24-12-9-16(10-13-24)7-4-5-8-17-14-18(21)20(23)19(22)15-17/h14-16,24H,2-13H2,1H3/t16-,24-. The Bertz CT molecular complexity index is 473. The van der Waals surface area contributed by atoms with E-state index in [4.69, 9.17) is 0 Å². The first-order valence-electron chi connectivity index (χ1n) is 9.73. The maximum Gasteiger partial charge on any atom is 0.194 e. The molecule has 0 amide bonds. The molecule has 0 bridgehead atoms. The summed E-state index contributed by atoms with van der Waals surface area (Å²) in [6.07, 6.45) is 10.9. The first kappa shape index (κ1) is 19.6. The molecule has 1 aromatic carbocycles. The minimum absolute atomic E-state index is 0.422. The molecule has 1 saturated heterocycles. The van der Waals surface area contributed by atoms with Crippen molar-refractivity contribution in [3.05, 3.63) is 35.1 Å². The fourth-order valence-corrected chi connectivity index (χ4v) is 7.62. The summed E-state index contributed by atoms with van der Waals surface area (Å²) in [4.78, 5) is 0. The van der Waals surface area contributed by atoms with E-state index in [1.54, 1.807) is 6.04 Å².